The molecule has 0 aromatic heterocycles. The molecule has 2 nitrogen and oxygen atoms in total. The normalized spacial score (nSPS) is 14.1. The molecule has 0 fully saturated rings. The third-order valence-corrected chi connectivity index (χ3v) is 13.3. The van der Waals surface area contributed by atoms with Crippen molar-refractivity contribution < 1.29 is 0 Å². The van der Waals surface area contributed by atoms with Gasteiger partial charge in [-0.25, -0.2) is 0 Å². The highest BCUT2D eigenvalue weighted by molar-refractivity contribution is 5.83. The molecule has 9 aromatic carbocycles. The van der Waals surface area contributed by atoms with Crippen molar-refractivity contribution in [2.24, 2.45) is 0 Å². The molecule has 0 N–H and O–H groups in total. The molecule has 1 unspecified atom stereocenters. The van der Waals surface area contributed by atoms with Crippen LogP contribution >= 0.6 is 0 Å². The first-order valence-electron chi connectivity index (χ1n) is 24.0. The number of hydrogen-bond acceptors (Lipinski definition) is 2. The minimum Gasteiger partial charge on any atom is -0.311 e. The van der Waals surface area contributed by atoms with Gasteiger partial charge in [0.1, 0.15) is 0 Å². The highest BCUT2D eigenvalue weighted by atomic mass is 15.1. The lowest BCUT2D eigenvalue weighted by Gasteiger charge is -2.26. The van der Waals surface area contributed by atoms with E-state index in [1.807, 2.05) is 0 Å². The minimum absolute atomic E-state index is 0.320. The Morgan fingerprint density at radius 1 is 0.319 bits per heavy atom. The fraction of sp³-hybridized carbons (Fsp3) is 0.0448. The lowest BCUT2D eigenvalue weighted by molar-refractivity contribution is 0.856. The maximum Gasteiger partial charge on any atom is 0.0462 e. The van der Waals surface area contributed by atoms with E-state index in [4.69, 9.17) is 0 Å². The Kier molecular flexibility index (Phi) is 12.4. The smallest absolute Gasteiger partial charge is 0.0462 e. The van der Waals surface area contributed by atoms with Gasteiger partial charge in [0, 0.05) is 40.0 Å². The number of allylic oxidation sites excluding steroid dienone is 10. The molecule has 69 heavy (non-hydrogen) atoms. The number of hydrogen-bond donors (Lipinski definition) is 0. The summed E-state index contributed by atoms with van der Waals surface area (Å²) >= 11 is 0. The lowest BCUT2D eigenvalue weighted by atomic mass is 9.87. The summed E-state index contributed by atoms with van der Waals surface area (Å²) in [5.41, 5.74) is 20.3. The van der Waals surface area contributed by atoms with Crippen LogP contribution in [-0.4, -0.2) is 0 Å². The molecule has 0 saturated carbocycles. The molecule has 2 aliphatic rings. The molecule has 0 amide bonds. The zero-order valence-corrected chi connectivity index (χ0v) is 38.5. The summed E-state index contributed by atoms with van der Waals surface area (Å²) in [7, 11) is 0. The van der Waals surface area contributed by atoms with E-state index in [0.717, 1.165) is 47.0 Å². The van der Waals surface area contributed by atoms with Gasteiger partial charge in [0.2, 0.25) is 0 Å². The Labute approximate surface area is 407 Å². The molecule has 0 radical (unpaired) electrons. The molecule has 2 aliphatic carbocycles. The highest BCUT2D eigenvalue weighted by Gasteiger charge is 2.17. The molecule has 1 atom stereocenters. The summed E-state index contributed by atoms with van der Waals surface area (Å²) in [5, 5.41) is 0. The monoisotopic (exact) mass is 884 g/mol. The lowest BCUT2D eigenvalue weighted by Crippen LogP contribution is -2.10. The maximum atomic E-state index is 2.40. The quantitative estimate of drug-likeness (QED) is 0.121. The van der Waals surface area contributed by atoms with Gasteiger partial charge in [-0.3, -0.25) is 0 Å². The Morgan fingerprint density at radius 2 is 0.739 bits per heavy atom. The second-order valence-electron chi connectivity index (χ2n) is 17.6. The number of anilines is 6. The van der Waals surface area contributed by atoms with E-state index in [2.05, 4.69) is 295 Å². The largest absolute Gasteiger partial charge is 0.311 e. The van der Waals surface area contributed by atoms with Gasteiger partial charge in [0.15, 0.2) is 0 Å². The number of nitrogens with zero attached hydrogens (tertiary/aromatic N) is 2. The molecule has 9 aromatic rings. The van der Waals surface area contributed by atoms with Crippen LogP contribution in [0.25, 0.3) is 44.5 Å². The van der Waals surface area contributed by atoms with Crippen LogP contribution in [-0.2, 0) is 0 Å². The SMILES string of the molecule is C1=CCC=CC(c2ccc(N(c3ccccc3)c3ccc(-c4ccc(-c5cccc(C6=CCC(c7ccc(N(c8ccccc8)c8ccc(-c9ccccc9)cc8)cc7)C=C6)c5)cc4)cc3)cc2)=C1. The molecule has 0 aliphatic heterocycles. The Hall–Kier alpha value is -8.72. The molecule has 11 rings (SSSR count). The fourth-order valence-electron chi connectivity index (χ4n) is 9.55. The minimum atomic E-state index is 0.320. The van der Waals surface area contributed by atoms with Crippen molar-refractivity contribution in [2.45, 2.75) is 18.8 Å². The first kappa shape index (κ1) is 42.9. The standard InChI is InChI=1S/C67H52N2/c1-2-7-16-50(15-6-1)54-33-41-64(42-34-54)68(62-21-10-4-11-22-62)66-45-37-56(38-46-66)52-25-29-58(30-26-52)60-19-14-20-61(49-60)59-31-27-53(28-32-59)57-39-47-67(48-40-57)69(63-23-12-5-13-24-63)65-43-35-55(36-44-65)51-17-8-3-9-18-51/h1,3-27,29-49,53H,2,28H2. The molecule has 0 heterocycles. The van der Waals surface area contributed by atoms with Crippen LogP contribution in [0.2, 0.25) is 0 Å². The van der Waals surface area contributed by atoms with Crippen molar-refractivity contribution in [1.82, 2.24) is 0 Å². The van der Waals surface area contributed by atoms with Crippen molar-refractivity contribution in [1.29, 1.82) is 0 Å². The summed E-state index contributed by atoms with van der Waals surface area (Å²) < 4.78 is 0. The maximum absolute atomic E-state index is 2.40. The average Bonchev–Trinajstić information content (AvgIpc) is 3.73. The first-order chi connectivity index (χ1) is 34.2. The van der Waals surface area contributed by atoms with Crippen LogP contribution in [0.4, 0.5) is 34.1 Å². The summed E-state index contributed by atoms with van der Waals surface area (Å²) in [4.78, 5) is 4.65. The van der Waals surface area contributed by atoms with Crippen molar-refractivity contribution in [3.05, 3.63) is 302 Å². The van der Waals surface area contributed by atoms with Crippen molar-refractivity contribution in [3.63, 3.8) is 0 Å². The Bertz CT molecular complexity index is 3310. The van der Waals surface area contributed by atoms with Crippen LogP contribution in [0.3, 0.4) is 0 Å². The molecule has 2 heteroatoms. The molecule has 0 spiro atoms. The fourth-order valence-corrected chi connectivity index (χ4v) is 9.55. The van der Waals surface area contributed by atoms with E-state index in [1.165, 1.54) is 61.2 Å². The Morgan fingerprint density at radius 3 is 1.26 bits per heavy atom. The third-order valence-electron chi connectivity index (χ3n) is 13.3. The third kappa shape index (κ3) is 9.61. The van der Waals surface area contributed by atoms with Crippen LogP contribution in [0.15, 0.2) is 285 Å². The number of para-hydroxylation sites is 2. The van der Waals surface area contributed by atoms with Crippen LogP contribution in [0.5, 0.6) is 0 Å². The highest BCUT2D eigenvalue weighted by Crippen LogP contribution is 2.40. The average molecular weight is 885 g/mol. The number of benzene rings is 9. The van der Waals surface area contributed by atoms with Gasteiger partial charge in [0.25, 0.3) is 0 Å². The van der Waals surface area contributed by atoms with Crippen molar-refractivity contribution in [2.75, 3.05) is 9.80 Å². The summed E-state index contributed by atoms with van der Waals surface area (Å²) in [5.74, 6) is 0.320. The van der Waals surface area contributed by atoms with E-state index in [9.17, 15) is 0 Å². The van der Waals surface area contributed by atoms with Gasteiger partial charge in [-0.2, -0.15) is 0 Å². The van der Waals surface area contributed by atoms with Crippen molar-refractivity contribution >= 4 is 45.3 Å². The predicted octanol–water partition coefficient (Wildman–Crippen LogP) is 18.7. The predicted molar refractivity (Wildman–Crippen MR) is 294 cm³/mol. The topological polar surface area (TPSA) is 6.48 Å². The summed E-state index contributed by atoms with van der Waals surface area (Å²) in [6.45, 7) is 0. The zero-order valence-electron chi connectivity index (χ0n) is 38.5. The van der Waals surface area contributed by atoms with E-state index in [0.29, 0.717) is 5.92 Å². The molecule has 0 bridgehead atoms. The zero-order chi connectivity index (χ0) is 46.2. The first-order valence-corrected chi connectivity index (χ1v) is 24.0. The van der Waals surface area contributed by atoms with Gasteiger partial charge in [-0.05, 0) is 153 Å². The number of rotatable bonds is 12. The van der Waals surface area contributed by atoms with Gasteiger partial charge in [-0.15, -0.1) is 0 Å². The second-order valence-corrected chi connectivity index (χ2v) is 17.6. The van der Waals surface area contributed by atoms with E-state index in [1.54, 1.807) is 0 Å². The molecule has 330 valence electrons. The van der Waals surface area contributed by atoms with Gasteiger partial charge >= 0.3 is 0 Å². The second kappa shape index (κ2) is 20.0. The van der Waals surface area contributed by atoms with E-state index in [-0.39, 0.29) is 0 Å². The van der Waals surface area contributed by atoms with Crippen LogP contribution in [0, 0.1) is 0 Å². The summed E-state index contributed by atoms with van der Waals surface area (Å²) in [6.07, 6.45) is 19.9. The van der Waals surface area contributed by atoms with Gasteiger partial charge < -0.3 is 9.80 Å². The van der Waals surface area contributed by atoms with Gasteiger partial charge in [-0.1, -0.05) is 206 Å². The Balaban J connectivity index is 0.763. The molecule has 0 saturated heterocycles. The van der Waals surface area contributed by atoms with E-state index < -0.39 is 0 Å². The van der Waals surface area contributed by atoms with Crippen LogP contribution < -0.4 is 9.80 Å². The molecular weight excluding hydrogens is 833 g/mol. The molecular formula is C67H52N2. The summed E-state index contributed by atoms with van der Waals surface area (Å²) in [6, 6.07) is 85.5. The van der Waals surface area contributed by atoms with E-state index >= 15 is 0 Å². The van der Waals surface area contributed by atoms with Crippen LogP contribution in [0.1, 0.15) is 35.4 Å². The van der Waals surface area contributed by atoms with Crippen molar-refractivity contribution in [3.8, 4) is 33.4 Å². The van der Waals surface area contributed by atoms with Gasteiger partial charge in [0.05, 0.1) is 0 Å².